The highest BCUT2D eigenvalue weighted by atomic mass is 16.6. The number of phenolic OH excluding ortho intramolecular Hbond substituents is 2. The SMILES string of the molecule is CC1CC(=O)NN=C1c1ccc(NN=Cc2ccc(O)c(O)c2[N+](=O)[O-])cc1. The van der Waals surface area contributed by atoms with Crippen LogP contribution in [0.15, 0.2) is 46.6 Å². The molecule has 1 aliphatic rings. The van der Waals surface area contributed by atoms with E-state index in [4.69, 9.17) is 0 Å². The summed E-state index contributed by atoms with van der Waals surface area (Å²) in [4.78, 5) is 21.6. The lowest BCUT2D eigenvalue weighted by Crippen LogP contribution is -2.31. The molecule has 4 N–H and O–H groups in total. The third-order valence-corrected chi connectivity index (χ3v) is 4.18. The summed E-state index contributed by atoms with van der Waals surface area (Å²) in [6.07, 6.45) is 1.55. The van der Waals surface area contributed by atoms with E-state index in [1.807, 2.05) is 19.1 Å². The Morgan fingerprint density at radius 2 is 2.00 bits per heavy atom. The van der Waals surface area contributed by atoms with Crippen molar-refractivity contribution in [1.29, 1.82) is 0 Å². The Balaban J connectivity index is 1.73. The van der Waals surface area contributed by atoms with Crippen LogP contribution in [0.1, 0.15) is 24.5 Å². The highest BCUT2D eigenvalue weighted by Crippen LogP contribution is 2.36. The lowest BCUT2D eigenvalue weighted by atomic mass is 9.94. The molecule has 2 aromatic rings. The van der Waals surface area contributed by atoms with Crippen molar-refractivity contribution in [3.8, 4) is 11.5 Å². The van der Waals surface area contributed by atoms with Crippen LogP contribution in [-0.2, 0) is 4.79 Å². The van der Waals surface area contributed by atoms with Gasteiger partial charge in [-0.3, -0.25) is 20.3 Å². The number of hydrogen-bond donors (Lipinski definition) is 4. The van der Waals surface area contributed by atoms with Crippen LogP contribution in [0.3, 0.4) is 0 Å². The fraction of sp³-hybridized carbons (Fsp3) is 0.167. The van der Waals surface area contributed by atoms with Gasteiger partial charge in [0.2, 0.25) is 11.7 Å². The quantitative estimate of drug-likeness (QED) is 0.269. The van der Waals surface area contributed by atoms with Gasteiger partial charge in [-0.1, -0.05) is 19.1 Å². The monoisotopic (exact) mass is 383 g/mol. The van der Waals surface area contributed by atoms with Gasteiger partial charge in [0.15, 0.2) is 5.75 Å². The second-order valence-electron chi connectivity index (χ2n) is 6.21. The van der Waals surface area contributed by atoms with E-state index < -0.39 is 22.1 Å². The number of rotatable bonds is 5. The maximum absolute atomic E-state index is 11.3. The van der Waals surface area contributed by atoms with Gasteiger partial charge in [0, 0.05) is 12.3 Å². The molecule has 0 saturated carbocycles. The van der Waals surface area contributed by atoms with Crippen LogP contribution in [0.2, 0.25) is 0 Å². The summed E-state index contributed by atoms with van der Waals surface area (Å²) in [7, 11) is 0. The number of nitro groups is 1. The number of nitrogens with one attached hydrogen (secondary N) is 2. The zero-order valence-corrected chi connectivity index (χ0v) is 14.8. The third kappa shape index (κ3) is 3.90. The smallest absolute Gasteiger partial charge is 0.323 e. The number of phenols is 2. The standard InChI is InChI=1S/C18H17N5O5/c1-10-8-15(25)21-22-16(10)11-2-5-13(6-3-11)20-19-9-12-4-7-14(24)18(26)17(12)23(27)28/h2-7,9-10,20,24,26H,8H2,1H3,(H,21,25). The molecule has 28 heavy (non-hydrogen) atoms. The summed E-state index contributed by atoms with van der Waals surface area (Å²) in [5, 5.41) is 38.1. The number of carbonyl (C=O) groups excluding carboxylic acids is 1. The molecule has 0 spiro atoms. The number of carbonyl (C=O) groups is 1. The molecular weight excluding hydrogens is 366 g/mol. The van der Waals surface area contributed by atoms with Crippen molar-refractivity contribution in [2.75, 3.05) is 5.43 Å². The normalized spacial score (nSPS) is 16.5. The molecule has 1 unspecified atom stereocenters. The fourth-order valence-electron chi connectivity index (χ4n) is 2.77. The van der Waals surface area contributed by atoms with E-state index in [2.05, 4.69) is 21.1 Å². The topological polar surface area (TPSA) is 149 Å². The van der Waals surface area contributed by atoms with Crippen molar-refractivity contribution in [2.45, 2.75) is 13.3 Å². The largest absolute Gasteiger partial charge is 0.504 e. The second-order valence-corrected chi connectivity index (χ2v) is 6.21. The molecule has 10 nitrogen and oxygen atoms in total. The molecule has 10 heteroatoms. The van der Waals surface area contributed by atoms with E-state index in [1.165, 1.54) is 12.3 Å². The molecule has 2 aromatic carbocycles. The van der Waals surface area contributed by atoms with E-state index in [9.17, 15) is 25.1 Å². The van der Waals surface area contributed by atoms with Gasteiger partial charge in [-0.15, -0.1) is 0 Å². The fourth-order valence-corrected chi connectivity index (χ4v) is 2.77. The first-order valence-electron chi connectivity index (χ1n) is 8.32. The molecule has 144 valence electrons. The molecule has 0 bridgehead atoms. The molecule has 1 heterocycles. The highest BCUT2D eigenvalue weighted by molar-refractivity contribution is 6.05. The predicted molar refractivity (Wildman–Crippen MR) is 103 cm³/mol. The number of amides is 1. The lowest BCUT2D eigenvalue weighted by molar-refractivity contribution is -0.386. The zero-order chi connectivity index (χ0) is 20.3. The van der Waals surface area contributed by atoms with Crippen LogP contribution < -0.4 is 10.9 Å². The van der Waals surface area contributed by atoms with Gasteiger partial charge < -0.3 is 10.2 Å². The first kappa shape index (κ1) is 18.8. The van der Waals surface area contributed by atoms with Crippen molar-refractivity contribution in [2.24, 2.45) is 16.1 Å². The summed E-state index contributed by atoms with van der Waals surface area (Å²) < 4.78 is 0. The average molecular weight is 383 g/mol. The Morgan fingerprint density at radius 3 is 2.64 bits per heavy atom. The van der Waals surface area contributed by atoms with E-state index in [-0.39, 0.29) is 17.4 Å². The molecular formula is C18H17N5O5. The third-order valence-electron chi connectivity index (χ3n) is 4.18. The number of benzene rings is 2. The lowest BCUT2D eigenvalue weighted by Gasteiger charge is -2.19. The molecule has 1 amide bonds. The predicted octanol–water partition coefficient (Wildman–Crippen LogP) is 2.31. The summed E-state index contributed by atoms with van der Waals surface area (Å²) >= 11 is 0. The first-order chi connectivity index (χ1) is 13.4. The second kappa shape index (κ2) is 7.74. The number of aromatic hydroxyl groups is 2. The average Bonchev–Trinajstić information content (AvgIpc) is 2.65. The van der Waals surface area contributed by atoms with Crippen molar-refractivity contribution in [1.82, 2.24) is 5.43 Å². The number of hydrazone groups is 2. The summed E-state index contributed by atoms with van der Waals surface area (Å²) in [6.45, 7) is 1.92. The Labute approximate surface area is 159 Å². The van der Waals surface area contributed by atoms with Crippen molar-refractivity contribution < 1.29 is 19.9 Å². The van der Waals surface area contributed by atoms with Gasteiger partial charge in [-0.25, -0.2) is 5.43 Å². The van der Waals surface area contributed by atoms with Crippen LogP contribution in [0, 0.1) is 16.0 Å². The maximum atomic E-state index is 11.3. The molecule has 0 saturated heterocycles. The molecule has 0 fully saturated rings. The van der Waals surface area contributed by atoms with Crippen LogP contribution in [-0.4, -0.2) is 33.0 Å². The van der Waals surface area contributed by atoms with E-state index in [0.717, 1.165) is 17.3 Å². The number of nitro benzene ring substituents is 1. The summed E-state index contributed by atoms with van der Waals surface area (Å²) in [5.74, 6) is -1.50. The van der Waals surface area contributed by atoms with Crippen LogP contribution in [0.25, 0.3) is 0 Å². The Morgan fingerprint density at radius 1 is 1.29 bits per heavy atom. The molecule has 0 aromatic heterocycles. The Bertz CT molecular complexity index is 985. The van der Waals surface area contributed by atoms with Gasteiger partial charge >= 0.3 is 5.69 Å². The summed E-state index contributed by atoms with van der Waals surface area (Å²) in [5.41, 5.74) is 6.87. The van der Waals surface area contributed by atoms with Gasteiger partial charge in [0.05, 0.1) is 28.1 Å². The van der Waals surface area contributed by atoms with Crippen molar-refractivity contribution in [3.63, 3.8) is 0 Å². The van der Waals surface area contributed by atoms with Crippen LogP contribution >= 0.6 is 0 Å². The summed E-state index contributed by atoms with van der Waals surface area (Å²) in [6, 6.07) is 9.56. The van der Waals surface area contributed by atoms with E-state index in [0.29, 0.717) is 12.1 Å². The van der Waals surface area contributed by atoms with E-state index >= 15 is 0 Å². The minimum Gasteiger partial charge on any atom is -0.504 e. The number of anilines is 1. The van der Waals surface area contributed by atoms with Crippen molar-refractivity contribution >= 4 is 29.2 Å². The van der Waals surface area contributed by atoms with Gasteiger partial charge in [0.1, 0.15) is 0 Å². The van der Waals surface area contributed by atoms with Crippen LogP contribution in [0.5, 0.6) is 11.5 Å². The first-order valence-corrected chi connectivity index (χ1v) is 8.32. The van der Waals surface area contributed by atoms with Crippen molar-refractivity contribution in [3.05, 3.63) is 57.6 Å². The van der Waals surface area contributed by atoms with Gasteiger partial charge in [0.25, 0.3) is 0 Å². The minimum absolute atomic E-state index is 0.00769. The molecule has 0 radical (unpaired) electrons. The molecule has 3 rings (SSSR count). The molecule has 1 aliphatic heterocycles. The number of hydrogen-bond acceptors (Lipinski definition) is 8. The van der Waals surface area contributed by atoms with Gasteiger partial charge in [-0.2, -0.15) is 10.2 Å². The Kier molecular flexibility index (Phi) is 5.21. The number of nitrogens with zero attached hydrogens (tertiary/aromatic N) is 3. The van der Waals surface area contributed by atoms with Gasteiger partial charge in [-0.05, 0) is 29.8 Å². The molecule has 0 aliphatic carbocycles. The zero-order valence-electron chi connectivity index (χ0n) is 14.8. The maximum Gasteiger partial charge on any atom is 0.323 e. The van der Waals surface area contributed by atoms with E-state index in [1.54, 1.807) is 12.1 Å². The van der Waals surface area contributed by atoms with Crippen LogP contribution in [0.4, 0.5) is 11.4 Å². The highest BCUT2D eigenvalue weighted by Gasteiger charge is 2.22. The minimum atomic E-state index is -0.812. The molecule has 1 atom stereocenters. The Hall–Kier alpha value is -3.95.